The van der Waals surface area contributed by atoms with Gasteiger partial charge in [-0.3, -0.25) is 4.79 Å². The number of halogens is 1. The highest BCUT2D eigenvalue weighted by Crippen LogP contribution is 2.21. The fourth-order valence-corrected chi connectivity index (χ4v) is 1.65. The molecule has 0 spiro atoms. The lowest BCUT2D eigenvalue weighted by molar-refractivity contribution is -0.140. The number of nitrogens with one attached hydrogen (secondary N) is 1. The Morgan fingerprint density at radius 3 is 2.50 bits per heavy atom. The van der Waals surface area contributed by atoms with Crippen LogP contribution in [0.1, 0.15) is 25.5 Å². The Bertz CT molecular complexity index is 493. The van der Waals surface area contributed by atoms with Gasteiger partial charge in [-0.25, -0.2) is 9.18 Å². The first-order valence-corrected chi connectivity index (χ1v) is 6.32. The van der Waals surface area contributed by atoms with Crippen LogP contribution in [-0.4, -0.2) is 35.6 Å². The lowest BCUT2D eigenvalue weighted by Gasteiger charge is -2.26. The largest absolute Gasteiger partial charge is 0.481 e. The minimum absolute atomic E-state index is 0.0303. The monoisotopic (exact) mass is 282 g/mol. The molecule has 1 aromatic carbocycles. The van der Waals surface area contributed by atoms with Crippen LogP contribution in [0.3, 0.4) is 0 Å². The van der Waals surface area contributed by atoms with E-state index in [1.54, 1.807) is 25.1 Å². The summed E-state index contributed by atoms with van der Waals surface area (Å²) in [4.78, 5) is 23.9. The minimum Gasteiger partial charge on any atom is -0.481 e. The first-order chi connectivity index (χ1) is 9.34. The number of carbonyl (C=O) groups excluding carboxylic acids is 1. The predicted octanol–water partition coefficient (Wildman–Crippen LogP) is 2.25. The second-order valence-electron chi connectivity index (χ2n) is 4.73. The summed E-state index contributed by atoms with van der Waals surface area (Å²) in [6, 6.07) is 5.35. The molecule has 2 unspecified atom stereocenters. The van der Waals surface area contributed by atoms with Crippen molar-refractivity contribution in [3.8, 4) is 0 Å². The normalized spacial score (nSPS) is 13.4. The molecule has 0 saturated heterocycles. The zero-order valence-electron chi connectivity index (χ0n) is 11.8. The van der Waals surface area contributed by atoms with Crippen molar-refractivity contribution in [1.29, 1.82) is 0 Å². The summed E-state index contributed by atoms with van der Waals surface area (Å²) in [5.41, 5.74) is 0.413. The van der Waals surface area contributed by atoms with Gasteiger partial charge >= 0.3 is 12.0 Å². The van der Waals surface area contributed by atoms with Crippen molar-refractivity contribution in [2.24, 2.45) is 5.92 Å². The average molecular weight is 282 g/mol. The Labute approximate surface area is 117 Å². The van der Waals surface area contributed by atoms with Crippen molar-refractivity contribution >= 4 is 12.0 Å². The molecular weight excluding hydrogens is 263 g/mol. The van der Waals surface area contributed by atoms with Crippen molar-refractivity contribution in [2.75, 3.05) is 13.6 Å². The van der Waals surface area contributed by atoms with Crippen molar-refractivity contribution in [2.45, 2.75) is 19.9 Å². The number of rotatable bonds is 5. The van der Waals surface area contributed by atoms with E-state index in [1.165, 1.54) is 24.9 Å². The number of carboxylic acids is 1. The molecule has 1 aromatic rings. The maximum atomic E-state index is 13.6. The van der Waals surface area contributed by atoms with Gasteiger partial charge in [-0.05, 0) is 13.0 Å². The second-order valence-corrected chi connectivity index (χ2v) is 4.73. The molecule has 0 aliphatic rings. The molecule has 110 valence electrons. The molecular formula is C14H19FN2O3. The van der Waals surface area contributed by atoms with Gasteiger partial charge in [-0.2, -0.15) is 0 Å². The lowest BCUT2D eigenvalue weighted by Crippen LogP contribution is -2.41. The van der Waals surface area contributed by atoms with Gasteiger partial charge in [0.2, 0.25) is 0 Å². The third-order valence-electron chi connectivity index (χ3n) is 3.24. The summed E-state index contributed by atoms with van der Waals surface area (Å²) in [5.74, 6) is -2.02. The fourth-order valence-electron chi connectivity index (χ4n) is 1.65. The highest BCUT2D eigenvalue weighted by molar-refractivity contribution is 5.76. The number of benzene rings is 1. The van der Waals surface area contributed by atoms with Gasteiger partial charge in [-0.15, -0.1) is 0 Å². The van der Waals surface area contributed by atoms with Crippen molar-refractivity contribution in [3.05, 3.63) is 35.6 Å². The predicted molar refractivity (Wildman–Crippen MR) is 72.8 cm³/mol. The molecule has 6 heteroatoms. The molecule has 0 fully saturated rings. The Balaban J connectivity index is 2.65. The number of hydrogen-bond acceptors (Lipinski definition) is 2. The number of carbonyl (C=O) groups is 2. The molecule has 0 aromatic heterocycles. The fraction of sp³-hybridized carbons (Fsp3) is 0.429. The Hall–Kier alpha value is -2.11. The summed E-state index contributed by atoms with van der Waals surface area (Å²) in [5, 5.41) is 11.3. The number of amides is 2. The van der Waals surface area contributed by atoms with Crippen LogP contribution >= 0.6 is 0 Å². The number of aliphatic carboxylic acids is 1. The zero-order chi connectivity index (χ0) is 15.3. The van der Waals surface area contributed by atoms with Crippen LogP contribution in [0.15, 0.2) is 24.3 Å². The lowest BCUT2D eigenvalue weighted by atomic mass is 10.1. The summed E-state index contributed by atoms with van der Waals surface area (Å²) in [6.45, 7) is 3.24. The van der Waals surface area contributed by atoms with E-state index in [2.05, 4.69) is 5.32 Å². The van der Waals surface area contributed by atoms with Gasteiger partial charge in [0.15, 0.2) is 0 Å². The maximum absolute atomic E-state index is 13.6. The highest BCUT2D eigenvalue weighted by atomic mass is 19.1. The third-order valence-corrected chi connectivity index (χ3v) is 3.24. The van der Waals surface area contributed by atoms with Gasteiger partial charge in [0, 0.05) is 19.2 Å². The van der Waals surface area contributed by atoms with Crippen LogP contribution < -0.4 is 5.32 Å². The number of urea groups is 1. The first kappa shape index (κ1) is 15.9. The van der Waals surface area contributed by atoms with E-state index in [-0.39, 0.29) is 12.4 Å². The van der Waals surface area contributed by atoms with Gasteiger partial charge < -0.3 is 15.3 Å². The molecule has 2 atom stereocenters. The van der Waals surface area contributed by atoms with Crippen molar-refractivity contribution < 1.29 is 19.1 Å². The molecule has 2 amide bonds. The molecule has 0 heterocycles. The van der Waals surface area contributed by atoms with Crippen LogP contribution in [0.4, 0.5) is 9.18 Å². The first-order valence-electron chi connectivity index (χ1n) is 6.32. The molecule has 0 aliphatic heterocycles. The number of hydrogen-bond donors (Lipinski definition) is 2. The number of carboxylic acid groups (broad SMARTS) is 1. The smallest absolute Gasteiger partial charge is 0.317 e. The van der Waals surface area contributed by atoms with E-state index in [0.717, 1.165) is 0 Å². The van der Waals surface area contributed by atoms with Crippen LogP contribution in [0.25, 0.3) is 0 Å². The van der Waals surface area contributed by atoms with Gasteiger partial charge in [0.05, 0.1) is 12.0 Å². The summed E-state index contributed by atoms with van der Waals surface area (Å²) in [6.07, 6.45) is 0. The molecule has 5 nitrogen and oxygen atoms in total. The molecule has 0 aliphatic carbocycles. The molecule has 0 saturated carbocycles. The van der Waals surface area contributed by atoms with Gasteiger partial charge in [-0.1, -0.05) is 25.1 Å². The molecule has 1 rings (SSSR count). The molecule has 0 bridgehead atoms. The molecule has 2 N–H and O–H groups in total. The summed E-state index contributed by atoms with van der Waals surface area (Å²) >= 11 is 0. The van der Waals surface area contributed by atoms with Crippen LogP contribution in [0.5, 0.6) is 0 Å². The molecule has 0 radical (unpaired) electrons. The van der Waals surface area contributed by atoms with Gasteiger partial charge in [0.25, 0.3) is 0 Å². The average Bonchev–Trinajstić information content (AvgIpc) is 2.43. The van der Waals surface area contributed by atoms with Crippen LogP contribution in [-0.2, 0) is 4.79 Å². The minimum atomic E-state index is -0.977. The van der Waals surface area contributed by atoms with E-state index in [0.29, 0.717) is 5.56 Å². The SMILES string of the molecule is CC(CNC(=O)N(C)C(C)c1ccccc1F)C(=O)O. The van der Waals surface area contributed by atoms with Crippen molar-refractivity contribution in [1.82, 2.24) is 10.2 Å². The van der Waals surface area contributed by atoms with E-state index in [1.807, 2.05) is 0 Å². The standard InChI is InChI=1S/C14H19FN2O3/c1-9(13(18)19)8-16-14(20)17(3)10(2)11-6-4-5-7-12(11)15/h4-7,9-10H,8H2,1-3H3,(H,16,20)(H,18,19). The summed E-state index contributed by atoms with van der Waals surface area (Å²) < 4.78 is 13.6. The third kappa shape index (κ3) is 3.94. The van der Waals surface area contributed by atoms with Gasteiger partial charge in [0.1, 0.15) is 5.82 Å². The van der Waals surface area contributed by atoms with Crippen LogP contribution in [0.2, 0.25) is 0 Å². The maximum Gasteiger partial charge on any atom is 0.317 e. The van der Waals surface area contributed by atoms with E-state index < -0.39 is 24.0 Å². The Morgan fingerprint density at radius 2 is 1.95 bits per heavy atom. The Morgan fingerprint density at radius 1 is 1.35 bits per heavy atom. The quantitative estimate of drug-likeness (QED) is 0.870. The second kappa shape index (κ2) is 6.88. The van der Waals surface area contributed by atoms with E-state index in [9.17, 15) is 14.0 Å². The van der Waals surface area contributed by atoms with Crippen molar-refractivity contribution in [3.63, 3.8) is 0 Å². The topological polar surface area (TPSA) is 69.6 Å². The zero-order valence-corrected chi connectivity index (χ0v) is 11.8. The Kier molecular flexibility index (Phi) is 5.49. The molecule has 20 heavy (non-hydrogen) atoms. The van der Waals surface area contributed by atoms with E-state index in [4.69, 9.17) is 5.11 Å². The number of nitrogens with zero attached hydrogens (tertiary/aromatic N) is 1. The van der Waals surface area contributed by atoms with E-state index >= 15 is 0 Å². The highest BCUT2D eigenvalue weighted by Gasteiger charge is 2.21. The van der Waals surface area contributed by atoms with Crippen LogP contribution in [0, 0.1) is 11.7 Å². The summed E-state index contributed by atoms with van der Waals surface area (Å²) in [7, 11) is 1.54.